The Balaban J connectivity index is 0.757. The van der Waals surface area contributed by atoms with Crippen LogP contribution < -0.4 is 0 Å². The molecule has 0 saturated heterocycles. The fraction of sp³-hybridized carbons (Fsp3) is 0.229. The summed E-state index contributed by atoms with van der Waals surface area (Å²) in [7, 11) is 0. The van der Waals surface area contributed by atoms with Gasteiger partial charge in [-0.25, -0.2) is 0 Å². The van der Waals surface area contributed by atoms with Gasteiger partial charge < -0.3 is 8.80 Å². The molecule has 4 heterocycles. The zero-order chi connectivity index (χ0) is 58.1. The molecule has 85 heavy (non-hydrogen) atoms. The standard InChI is InChI=1S/C83H74N2/c1-46(2)51-22-26-55-42-77-68(34-59(55)30-51)72-38-63(66-17-13-12-16-65(66)48(5)6)39-73-70-36-61-32-53(24-28-57(61)44-79(70)84(77)81(72)73)49(7)20-21-50(8)54-25-29-58-45-80-71(37-62(58)33-54)75-41-64(67-18-14-15-19-76(67)83(9,10)11)40-74-69-35-60-31-52(47(3)4)23-27-56(60)43-78(69)85(80)82(74)75/h12-19,22-50H,20-21H2,1-11H3. The van der Waals surface area contributed by atoms with Crippen LogP contribution in [0.1, 0.15) is 152 Å². The molecule has 416 valence electrons. The minimum Gasteiger partial charge on any atom is -0.308 e. The molecule has 2 heteroatoms. The Morgan fingerprint density at radius 3 is 1.02 bits per heavy atom. The first kappa shape index (κ1) is 51.9. The lowest BCUT2D eigenvalue weighted by Crippen LogP contribution is -2.12. The van der Waals surface area contributed by atoms with Crippen LogP contribution in [0.3, 0.4) is 0 Å². The van der Waals surface area contributed by atoms with E-state index in [0.29, 0.717) is 29.6 Å². The molecule has 0 aliphatic rings. The number of nitrogens with zero attached hydrogens (tertiary/aromatic N) is 2. The molecule has 0 aliphatic carbocycles. The maximum absolute atomic E-state index is 2.58. The highest BCUT2D eigenvalue weighted by molar-refractivity contribution is 6.29. The van der Waals surface area contributed by atoms with Crippen LogP contribution in [0.15, 0.2) is 194 Å². The van der Waals surface area contributed by atoms with Crippen LogP contribution in [0.4, 0.5) is 0 Å². The molecule has 0 bridgehead atoms. The zero-order valence-electron chi connectivity index (χ0n) is 51.2. The number of fused-ring (bicyclic) bond motifs is 16. The zero-order valence-corrected chi connectivity index (χ0v) is 51.2. The van der Waals surface area contributed by atoms with Gasteiger partial charge in [-0.15, -0.1) is 0 Å². The lowest BCUT2D eigenvalue weighted by atomic mass is 9.81. The first-order valence-corrected chi connectivity index (χ1v) is 31.5. The van der Waals surface area contributed by atoms with Crippen molar-refractivity contribution in [3.8, 4) is 22.3 Å². The predicted molar refractivity (Wildman–Crippen MR) is 370 cm³/mol. The summed E-state index contributed by atoms with van der Waals surface area (Å²) in [6.07, 6.45) is 2.22. The van der Waals surface area contributed by atoms with Crippen molar-refractivity contribution in [2.24, 2.45) is 0 Å². The SMILES string of the molecule is CC(C)c1ccc2cc3c(cc2c1)c1cc(-c2ccccc2C(C)C)cc2c4cc5cc(C(C)CCC(C)c6ccc7cc8c(cc7c6)c6cc(-c7ccccc7C(C)(C)C)cc7c9cc%10cc(C(C)C)ccc%10cc9n8c76)ccc5cc4n3c12. The van der Waals surface area contributed by atoms with Crippen LogP contribution in [-0.4, -0.2) is 8.80 Å². The number of hydrogen-bond acceptors (Lipinski definition) is 0. The van der Waals surface area contributed by atoms with Crippen LogP contribution in [-0.2, 0) is 5.41 Å². The molecule has 16 rings (SSSR count). The molecule has 12 aromatic carbocycles. The van der Waals surface area contributed by atoms with Crippen molar-refractivity contribution in [3.05, 3.63) is 228 Å². The molecule has 2 atom stereocenters. The summed E-state index contributed by atoms with van der Waals surface area (Å²) in [5, 5.41) is 21.0. The van der Waals surface area contributed by atoms with Gasteiger partial charge in [0.15, 0.2) is 0 Å². The first-order chi connectivity index (χ1) is 41.0. The van der Waals surface area contributed by atoms with E-state index < -0.39 is 0 Å². The molecular weight excluding hydrogens is 1020 g/mol. The van der Waals surface area contributed by atoms with Crippen LogP contribution in [0.2, 0.25) is 0 Å². The molecule has 0 amide bonds. The minimum atomic E-state index is 0.000637. The van der Waals surface area contributed by atoms with Gasteiger partial charge in [0.1, 0.15) is 0 Å². The maximum atomic E-state index is 2.58. The summed E-state index contributed by atoms with van der Waals surface area (Å²) in [5.74, 6) is 2.18. The second-order valence-corrected chi connectivity index (χ2v) is 27.6. The second-order valence-electron chi connectivity index (χ2n) is 27.6. The van der Waals surface area contributed by atoms with E-state index in [0.717, 1.165) is 12.8 Å². The molecule has 2 nitrogen and oxygen atoms in total. The van der Waals surface area contributed by atoms with Crippen LogP contribution in [0.25, 0.3) is 142 Å². The smallest absolute Gasteiger partial charge is 0.0620 e. The van der Waals surface area contributed by atoms with Gasteiger partial charge in [0.25, 0.3) is 0 Å². The summed E-state index contributed by atoms with van der Waals surface area (Å²) in [6.45, 7) is 25.7. The monoisotopic (exact) mass is 1100 g/mol. The van der Waals surface area contributed by atoms with E-state index in [1.165, 1.54) is 175 Å². The molecule has 0 spiro atoms. The average molecular weight is 1100 g/mol. The van der Waals surface area contributed by atoms with E-state index in [9.17, 15) is 0 Å². The van der Waals surface area contributed by atoms with Gasteiger partial charge in [0.2, 0.25) is 0 Å². The van der Waals surface area contributed by atoms with E-state index in [2.05, 4.69) is 279 Å². The molecule has 0 N–H and O–H groups in total. The van der Waals surface area contributed by atoms with Crippen LogP contribution >= 0.6 is 0 Å². The fourth-order valence-electron chi connectivity index (χ4n) is 15.3. The van der Waals surface area contributed by atoms with Crippen LogP contribution in [0.5, 0.6) is 0 Å². The van der Waals surface area contributed by atoms with Crippen LogP contribution in [0, 0.1) is 0 Å². The Hall–Kier alpha value is -8.72. The Bertz CT molecular complexity index is 5420. The van der Waals surface area contributed by atoms with Crippen molar-refractivity contribution in [2.45, 2.75) is 124 Å². The van der Waals surface area contributed by atoms with Crippen molar-refractivity contribution >= 4 is 119 Å². The van der Waals surface area contributed by atoms with Gasteiger partial charge in [-0.05, 0) is 219 Å². The fourth-order valence-corrected chi connectivity index (χ4v) is 15.3. The summed E-state index contributed by atoms with van der Waals surface area (Å²) in [6, 6.07) is 76.6. The normalized spacial score (nSPS) is 13.7. The Labute approximate surface area is 499 Å². The third-order valence-electron chi connectivity index (χ3n) is 20.2. The molecule has 2 unspecified atom stereocenters. The minimum absolute atomic E-state index is 0.000637. The van der Waals surface area contributed by atoms with Gasteiger partial charge in [0.05, 0.1) is 33.1 Å². The summed E-state index contributed by atoms with van der Waals surface area (Å²) >= 11 is 0. The van der Waals surface area contributed by atoms with E-state index in [1.54, 1.807) is 0 Å². The third-order valence-corrected chi connectivity index (χ3v) is 20.2. The highest BCUT2D eigenvalue weighted by atomic mass is 14.9. The molecule has 0 saturated carbocycles. The van der Waals surface area contributed by atoms with E-state index in [1.807, 2.05) is 0 Å². The molecule has 0 fully saturated rings. The van der Waals surface area contributed by atoms with Crippen molar-refractivity contribution < 1.29 is 0 Å². The molecule has 16 aromatic rings. The molecule has 0 radical (unpaired) electrons. The number of rotatable bonds is 10. The van der Waals surface area contributed by atoms with Crippen molar-refractivity contribution in [2.75, 3.05) is 0 Å². The van der Waals surface area contributed by atoms with Gasteiger partial charge in [-0.3, -0.25) is 0 Å². The quantitative estimate of drug-likeness (QED) is 0.129. The Morgan fingerprint density at radius 2 is 0.647 bits per heavy atom. The summed E-state index contributed by atoms with van der Waals surface area (Å²) < 4.78 is 5.16. The largest absolute Gasteiger partial charge is 0.308 e. The van der Waals surface area contributed by atoms with Crippen molar-refractivity contribution in [1.82, 2.24) is 8.80 Å². The molecular formula is C83H74N2. The van der Waals surface area contributed by atoms with Gasteiger partial charge in [-0.2, -0.15) is 0 Å². The Morgan fingerprint density at radius 1 is 0.306 bits per heavy atom. The maximum Gasteiger partial charge on any atom is 0.0620 e. The average Bonchev–Trinajstić information content (AvgIpc) is 1.97. The van der Waals surface area contributed by atoms with E-state index >= 15 is 0 Å². The summed E-state index contributed by atoms with van der Waals surface area (Å²) in [4.78, 5) is 0. The van der Waals surface area contributed by atoms with Gasteiger partial charge in [-0.1, -0.05) is 197 Å². The van der Waals surface area contributed by atoms with E-state index in [-0.39, 0.29) is 5.41 Å². The lowest BCUT2D eigenvalue weighted by molar-refractivity contribution is 0.574. The summed E-state index contributed by atoms with van der Waals surface area (Å²) in [5.41, 5.74) is 21.4. The number of hydrogen-bond donors (Lipinski definition) is 0. The molecule has 4 aromatic heterocycles. The highest BCUT2D eigenvalue weighted by Gasteiger charge is 2.26. The predicted octanol–water partition coefficient (Wildman–Crippen LogP) is 24.3. The topological polar surface area (TPSA) is 8.82 Å². The Kier molecular flexibility index (Phi) is 11.5. The highest BCUT2D eigenvalue weighted by Crippen LogP contribution is 2.48. The second kappa shape index (κ2) is 18.9. The van der Waals surface area contributed by atoms with Crippen molar-refractivity contribution in [1.29, 1.82) is 0 Å². The number of benzene rings is 12. The number of aromatic nitrogens is 2. The first-order valence-electron chi connectivity index (χ1n) is 31.5. The molecule has 0 aliphatic heterocycles. The van der Waals surface area contributed by atoms with Gasteiger partial charge >= 0.3 is 0 Å². The van der Waals surface area contributed by atoms with Crippen molar-refractivity contribution in [3.63, 3.8) is 0 Å². The lowest BCUT2D eigenvalue weighted by Gasteiger charge is -2.23. The van der Waals surface area contributed by atoms with E-state index in [4.69, 9.17) is 0 Å². The third kappa shape index (κ3) is 8.04. The van der Waals surface area contributed by atoms with Gasteiger partial charge in [0, 0.05) is 43.1 Å².